The van der Waals surface area contributed by atoms with E-state index >= 15 is 0 Å². The van der Waals surface area contributed by atoms with E-state index in [0.29, 0.717) is 5.82 Å². The molecule has 0 fully saturated rings. The van der Waals surface area contributed by atoms with Gasteiger partial charge in [-0.25, -0.2) is 4.98 Å². The van der Waals surface area contributed by atoms with E-state index in [2.05, 4.69) is 37.6 Å². The molecule has 3 N–H and O–H groups in total. The Bertz CT molecular complexity index is 685. The average molecular weight is 268 g/mol. The van der Waals surface area contributed by atoms with Gasteiger partial charge in [0, 0.05) is 17.4 Å². The molecule has 0 radical (unpaired) electrons. The third kappa shape index (κ3) is 2.40. The van der Waals surface area contributed by atoms with E-state index in [9.17, 15) is 0 Å². The predicted molar refractivity (Wildman–Crippen MR) is 77.2 cm³/mol. The third-order valence-electron chi connectivity index (χ3n) is 3.13. The molecule has 0 bridgehead atoms. The number of aromatic nitrogens is 5. The summed E-state index contributed by atoms with van der Waals surface area (Å²) in [5.41, 5.74) is 3.00. The molecular formula is C14H16N6. The Morgan fingerprint density at radius 2 is 2.00 bits per heavy atom. The fourth-order valence-corrected chi connectivity index (χ4v) is 2.09. The van der Waals surface area contributed by atoms with Gasteiger partial charge in [0.2, 0.25) is 0 Å². The van der Waals surface area contributed by atoms with Gasteiger partial charge >= 0.3 is 0 Å². The van der Waals surface area contributed by atoms with E-state index in [4.69, 9.17) is 0 Å². The Balaban J connectivity index is 1.90. The van der Waals surface area contributed by atoms with Crippen LogP contribution in [0.4, 0.5) is 5.69 Å². The lowest BCUT2D eigenvalue weighted by Crippen LogP contribution is -2.08. The number of H-pyrrole nitrogens is 2. The van der Waals surface area contributed by atoms with Gasteiger partial charge in [-0.3, -0.25) is 10.2 Å². The number of aryl methyl sites for hydroxylation is 1. The summed E-state index contributed by atoms with van der Waals surface area (Å²) in [7, 11) is 0. The van der Waals surface area contributed by atoms with E-state index < -0.39 is 0 Å². The summed E-state index contributed by atoms with van der Waals surface area (Å²) in [5.74, 6) is 1.50. The molecule has 0 aliphatic carbocycles. The highest BCUT2D eigenvalue weighted by Crippen LogP contribution is 2.27. The van der Waals surface area contributed by atoms with Crippen LogP contribution in [0.2, 0.25) is 0 Å². The van der Waals surface area contributed by atoms with Crippen molar-refractivity contribution < 1.29 is 0 Å². The lowest BCUT2D eigenvalue weighted by Gasteiger charge is -2.15. The molecule has 1 aromatic carbocycles. The first-order valence-corrected chi connectivity index (χ1v) is 6.48. The van der Waals surface area contributed by atoms with E-state index in [1.165, 1.54) is 0 Å². The van der Waals surface area contributed by atoms with E-state index in [-0.39, 0.29) is 6.04 Å². The van der Waals surface area contributed by atoms with Crippen LogP contribution >= 0.6 is 0 Å². The summed E-state index contributed by atoms with van der Waals surface area (Å²) in [6.45, 7) is 3.97. The maximum Gasteiger partial charge on any atom is 0.183 e. The van der Waals surface area contributed by atoms with E-state index in [1.54, 1.807) is 6.20 Å². The second-order valence-electron chi connectivity index (χ2n) is 4.67. The fraction of sp³-hybridized carbons (Fsp3) is 0.214. The number of nitrogens with one attached hydrogen (secondary N) is 3. The van der Waals surface area contributed by atoms with Crippen LogP contribution in [0.15, 0.2) is 36.5 Å². The molecule has 20 heavy (non-hydrogen) atoms. The Kier molecular flexibility index (Phi) is 3.20. The number of anilines is 1. The van der Waals surface area contributed by atoms with E-state index in [0.717, 1.165) is 22.8 Å². The number of hydrogen-bond acceptors (Lipinski definition) is 4. The predicted octanol–water partition coefficient (Wildman–Crippen LogP) is 2.68. The second-order valence-corrected chi connectivity index (χ2v) is 4.67. The van der Waals surface area contributed by atoms with Crippen LogP contribution in [-0.4, -0.2) is 25.4 Å². The minimum Gasteiger partial charge on any atom is -0.376 e. The molecule has 0 saturated carbocycles. The topological polar surface area (TPSA) is 82.3 Å². The number of benzene rings is 1. The van der Waals surface area contributed by atoms with Gasteiger partial charge in [-0.2, -0.15) is 10.2 Å². The third-order valence-corrected chi connectivity index (χ3v) is 3.13. The standard InChI is InChI=1S/C14H16N6/c1-9(12-7-8-15-19-12)16-13-6-4-3-5-11(13)14-17-10(2)18-20-14/h3-9,16H,1-2H3,(H,15,19)(H,17,18,20). The molecule has 0 aliphatic rings. The molecule has 102 valence electrons. The maximum atomic E-state index is 4.38. The van der Waals surface area contributed by atoms with Gasteiger partial charge in [0.1, 0.15) is 5.82 Å². The Morgan fingerprint density at radius 1 is 1.15 bits per heavy atom. The van der Waals surface area contributed by atoms with Crippen LogP contribution in [0.25, 0.3) is 11.4 Å². The number of rotatable bonds is 4. The zero-order chi connectivity index (χ0) is 13.9. The van der Waals surface area contributed by atoms with Crippen molar-refractivity contribution in [2.75, 3.05) is 5.32 Å². The minimum absolute atomic E-state index is 0.124. The highest BCUT2D eigenvalue weighted by molar-refractivity contribution is 5.73. The molecule has 0 spiro atoms. The number of para-hydroxylation sites is 1. The molecule has 0 amide bonds. The molecule has 1 atom stereocenters. The highest BCUT2D eigenvalue weighted by Gasteiger charge is 2.12. The van der Waals surface area contributed by atoms with Crippen molar-refractivity contribution in [1.82, 2.24) is 25.4 Å². The average Bonchev–Trinajstić information content (AvgIpc) is 3.10. The summed E-state index contributed by atoms with van der Waals surface area (Å²) in [6, 6.07) is 10.1. The van der Waals surface area contributed by atoms with Crippen LogP contribution in [0.3, 0.4) is 0 Å². The van der Waals surface area contributed by atoms with Crippen molar-refractivity contribution in [3.05, 3.63) is 48.0 Å². The summed E-state index contributed by atoms with van der Waals surface area (Å²) in [4.78, 5) is 4.38. The molecule has 3 aromatic rings. The van der Waals surface area contributed by atoms with Crippen molar-refractivity contribution in [2.45, 2.75) is 19.9 Å². The number of hydrogen-bond donors (Lipinski definition) is 3. The first-order valence-electron chi connectivity index (χ1n) is 6.48. The van der Waals surface area contributed by atoms with Crippen LogP contribution in [0, 0.1) is 6.92 Å². The quantitative estimate of drug-likeness (QED) is 0.679. The molecule has 3 rings (SSSR count). The van der Waals surface area contributed by atoms with Gasteiger partial charge < -0.3 is 5.32 Å². The molecular weight excluding hydrogens is 252 g/mol. The normalized spacial score (nSPS) is 12.3. The Labute approximate surface area is 116 Å². The zero-order valence-corrected chi connectivity index (χ0v) is 11.4. The van der Waals surface area contributed by atoms with Crippen LogP contribution in [0.5, 0.6) is 0 Å². The van der Waals surface area contributed by atoms with Gasteiger partial charge in [-0.05, 0) is 32.0 Å². The Hall–Kier alpha value is -2.63. The molecule has 6 nitrogen and oxygen atoms in total. The van der Waals surface area contributed by atoms with E-state index in [1.807, 2.05) is 37.3 Å². The largest absolute Gasteiger partial charge is 0.376 e. The highest BCUT2D eigenvalue weighted by atomic mass is 15.2. The molecule has 6 heteroatoms. The van der Waals surface area contributed by atoms with Crippen molar-refractivity contribution in [1.29, 1.82) is 0 Å². The first kappa shape index (κ1) is 12.4. The monoisotopic (exact) mass is 268 g/mol. The summed E-state index contributed by atoms with van der Waals surface area (Å²) in [6.07, 6.45) is 1.75. The lowest BCUT2D eigenvalue weighted by atomic mass is 10.1. The molecule has 0 saturated heterocycles. The van der Waals surface area contributed by atoms with Crippen molar-refractivity contribution >= 4 is 5.69 Å². The van der Waals surface area contributed by atoms with Crippen molar-refractivity contribution in [2.24, 2.45) is 0 Å². The molecule has 0 aliphatic heterocycles. The number of nitrogens with zero attached hydrogens (tertiary/aromatic N) is 3. The van der Waals surface area contributed by atoms with Gasteiger partial charge in [-0.1, -0.05) is 12.1 Å². The zero-order valence-electron chi connectivity index (χ0n) is 11.4. The van der Waals surface area contributed by atoms with Gasteiger partial charge in [0.05, 0.1) is 11.7 Å². The van der Waals surface area contributed by atoms with Crippen molar-refractivity contribution in [3.63, 3.8) is 0 Å². The second kappa shape index (κ2) is 5.16. The fourth-order valence-electron chi connectivity index (χ4n) is 2.09. The van der Waals surface area contributed by atoms with Gasteiger partial charge in [0.15, 0.2) is 5.82 Å². The van der Waals surface area contributed by atoms with Crippen molar-refractivity contribution in [3.8, 4) is 11.4 Å². The summed E-state index contributed by atoms with van der Waals surface area (Å²) in [5, 5.41) is 17.5. The lowest BCUT2D eigenvalue weighted by molar-refractivity contribution is 0.826. The Morgan fingerprint density at radius 3 is 2.70 bits per heavy atom. The number of aromatic amines is 2. The molecule has 2 aromatic heterocycles. The SMILES string of the molecule is Cc1nc(-c2ccccc2NC(C)c2ccn[nH]2)n[nH]1. The molecule has 1 unspecified atom stereocenters. The minimum atomic E-state index is 0.124. The van der Waals surface area contributed by atoms with Crippen LogP contribution < -0.4 is 5.32 Å². The van der Waals surface area contributed by atoms with Crippen LogP contribution in [0.1, 0.15) is 24.5 Å². The van der Waals surface area contributed by atoms with Gasteiger partial charge in [-0.15, -0.1) is 0 Å². The smallest absolute Gasteiger partial charge is 0.183 e. The van der Waals surface area contributed by atoms with Crippen LogP contribution in [-0.2, 0) is 0 Å². The summed E-state index contributed by atoms with van der Waals surface area (Å²) < 4.78 is 0. The summed E-state index contributed by atoms with van der Waals surface area (Å²) >= 11 is 0. The van der Waals surface area contributed by atoms with Gasteiger partial charge in [0.25, 0.3) is 0 Å². The molecule has 2 heterocycles. The first-order chi connectivity index (χ1) is 9.74. The maximum absolute atomic E-state index is 4.38.